The van der Waals surface area contributed by atoms with Crippen molar-refractivity contribution >= 4 is 17.3 Å². The van der Waals surface area contributed by atoms with Gasteiger partial charge in [-0.15, -0.1) is 11.3 Å². The van der Waals surface area contributed by atoms with Crippen LogP contribution < -0.4 is 15.4 Å². The molecule has 2 aromatic rings. The molecule has 0 aliphatic heterocycles. The van der Waals surface area contributed by atoms with Gasteiger partial charge in [-0.25, -0.2) is 13.8 Å². The Kier molecular flexibility index (Phi) is 6.48. The van der Waals surface area contributed by atoms with Gasteiger partial charge in [0, 0.05) is 18.0 Å². The molecule has 24 heavy (non-hydrogen) atoms. The highest BCUT2D eigenvalue weighted by atomic mass is 32.1. The molecule has 0 radical (unpaired) electrons. The average molecular weight is 354 g/mol. The molecule has 5 nitrogen and oxygen atoms in total. The lowest BCUT2D eigenvalue weighted by molar-refractivity contribution is 0.304. The first-order valence-electron chi connectivity index (χ1n) is 7.45. The van der Waals surface area contributed by atoms with Gasteiger partial charge < -0.3 is 15.4 Å². The Labute approximate surface area is 143 Å². The Hall–Kier alpha value is -2.22. The first-order valence-corrected chi connectivity index (χ1v) is 8.26. The number of aromatic nitrogens is 1. The van der Waals surface area contributed by atoms with E-state index in [1.165, 1.54) is 6.07 Å². The topological polar surface area (TPSA) is 58.5 Å². The fourth-order valence-electron chi connectivity index (χ4n) is 2.04. The van der Waals surface area contributed by atoms with Crippen LogP contribution in [-0.2, 0) is 6.54 Å². The number of ether oxygens (including phenoxy) is 1. The lowest BCUT2D eigenvalue weighted by Gasteiger charge is -2.12. The summed E-state index contributed by atoms with van der Waals surface area (Å²) in [6.45, 7) is 5.23. The van der Waals surface area contributed by atoms with E-state index in [9.17, 15) is 8.78 Å². The van der Waals surface area contributed by atoms with Crippen LogP contribution in [-0.4, -0.2) is 31.1 Å². The number of halogens is 2. The van der Waals surface area contributed by atoms with Gasteiger partial charge in [0.05, 0.1) is 23.8 Å². The number of nitrogens with one attached hydrogen (secondary N) is 2. The van der Waals surface area contributed by atoms with Crippen molar-refractivity contribution < 1.29 is 13.5 Å². The van der Waals surface area contributed by atoms with E-state index in [4.69, 9.17) is 4.74 Å². The number of aliphatic imine (C=N–C) groups is 1. The predicted octanol–water partition coefficient (Wildman–Crippen LogP) is 2.78. The molecule has 0 aliphatic rings. The summed E-state index contributed by atoms with van der Waals surface area (Å²) in [6.07, 6.45) is 0. The molecule has 130 valence electrons. The second kappa shape index (κ2) is 8.58. The molecule has 0 amide bonds. The maximum atomic E-state index is 13.4. The summed E-state index contributed by atoms with van der Waals surface area (Å²) in [6, 6.07) is 3.22. The van der Waals surface area contributed by atoms with Crippen LogP contribution in [0.2, 0.25) is 0 Å². The second-order valence-electron chi connectivity index (χ2n) is 5.02. The molecular formula is C16H20F2N4OS. The Bertz CT molecular complexity index is 718. The van der Waals surface area contributed by atoms with Gasteiger partial charge in [0.15, 0.2) is 17.5 Å². The zero-order chi connectivity index (χ0) is 17.5. The number of rotatable bonds is 6. The largest absolute Gasteiger partial charge is 0.489 e. The van der Waals surface area contributed by atoms with E-state index < -0.39 is 11.6 Å². The van der Waals surface area contributed by atoms with Gasteiger partial charge in [-0.1, -0.05) is 0 Å². The second-order valence-corrected chi connectivity index (χ2v) is 6.30. The summed E-state index contributed by atoms with van der Waals surface area (Å²) < 4.78 is 31.5. The molecular weight excluding hydrogens is 334 g/mol. The minimum absolute atomic E-state index is 0.0249. The van der Waals surface area contributed by atoms with Crippen molar-refractivity contribution in [3.05, 3.63) is 45.4 Å². The van der Waals surface area contributed by atoms with E-state index in [0.717, 1.165) is 27.7 Å². The Balaban J connectivity index is 1.74. The van der Waals surface area contributed by atoms with Crippen LogP contribution in [0, 0.1) is 25.5 Å². The van der Waals surface area contributed by atoms with E-state index >= 15 is 0 Å². The van der Waals surface area contributed by atoms with Crippen LogP contribution in [0.3, 0.4) is 0 Å². The zero-order valence-electron chi connectivity index (χ0n) is 13.8. The fourth-order valence-corrected chi connectivity index (χ4v) is 2.92. The van der Waals surface area contributed by atoms with E-state index in [0.29, 0.717) is 19.0 Å². The lowest BCUT2D eigenvalue weighted by Crippen LogP contribution is -2.38. The first kappa shape index (κ1) is 18.1. The van der Waals surface area contributed by atoms with E-state index in [1.54, 1.807) is 18.4 Å². The Morgan fingerprint density at radius 1 is 1.29 bits per heavy atom. The normalized spacial score (nSPS) is 11.5. The SMILES string of the molecule is CN=C(NCCOc1ccc(F)cc1F)NCc1sc(C)nc1C. The van der Waals surface area contributed by atoms with Gasteiger partial charge in [0.25, 0.3) is 0 Å². The number of aryl methyl sites for hydroxylation is 2. The maximum Gasteiger partial charge on any atom is 0.191 e. The maximum absolute atomic E-state index is 13.4. The van der Waals surface area contributed by atoms with Crippen molar-refractivity contribution in [3.8, 4) is 5.75 Å². The van der Waals surface area contributed by atoms with Gasteiger partial charge in [0.1, 0.15) is 12.4 Å². The summed E-state index contributed by atoms with van der Waals surface area (Å²) in [5.74, 6) is -0.703. The van der Waals surface area contributed by atoms with E-state index in [-0.39, 0.29) is 12.4 Å². The highest BCUT2D eigenvalue weighted by Crippen LogP contribution is 2.17. The van der Waals surface area contributed by atoms with Gasteiger partial charge in [-0.2, -0.15) is 0 Å². The zero-order valence-corrected chi connectivity index (χ0v) is 14.6. The van der Waals surface area contributed by atoms with Crippen molar-refractivity contribution in [1.82, 2.24) is 15.6 Å². The highest BCUT2D eigenvalue weighted by molar-refractivity contribution is 7.11. The molecule has 1 aromatic carbocycles. The molecule has 0 aliphatic carbocycles. The van der Waals surface area contributed by atoms with Crippen molar-refractivity contribution in [2.24, 2.45) is 4.99 Å². The molecule has 1 heterocycles. The summed E-state index contributed by atoms with van der Waals surface area (Å²) in [5.41, 5.74) is 1.01. The van der Waals surface area contributed by atoms with Crippen LogP contribution in [0.15, 0.2) is 23.2 Å². The molecule has 0 unspecified atom stereocenters. The minimum atomic E-state index is -0.714. The number of hydrogen-bond donors (Lipinski definition) is 2. The van der Waals surface area contributed by atoms with Crippen LogP contribution in [0.4, 0.5) is 8.78 Å². The minimum Gasteiger partial charge on any atom is -0.489 e. The average Bonchev–Trinajstić information content (AvgIpc) is 2.86. The summed E-state index contributed by atoms with van der Waals surface area (Å²) in [4.78, 5) is 9.64. The monoisotopic (exact) mass is 354 g/mol. The van der Waals surface area contributed by atoms with Gasteiger partial charge in [-0.05, 0) is 26.0 Å². The number of guanidine groups is 1. The van der Waals surface area contributed by atoms with Crippen LogP contribution in [0.5, 0.6) is 5.75 Å². The highest BCUT2D eigenvalue weighted by Gasteiger charge is 2.07. The van der Waals surface area contributed by atoms with Crippen molar-refractivity contribution in [2.75, 3.05) is 20.2 Å². The number of benzene rings is 1. The van der Waals surface area contributed by atoms with Gasteiger partial charge in [0.2, 0.25) is 0 Å². The molecule has 2 N–H and O–H groups in total. The molecule has 2 rings (SSSR count). The van der Waals surface area contributed by atoms with Gasteiger partial charge >= 0.3 is 0 Å². The summed E-state index contributed by atoms with van der Waals surface area (Å²) in [7, 11) is 1.67. The number of nitrogens with zero attached hydrogens (tertiary/aromatic N) is 2. The smallest absolute Gasteiger partial charge is 0.191 e. The molecule has 1 aromatic heterocycles. The van der Waals surface area contributed by atoms with Crippen molar-refractivity contribution in [3.63, 3.8) is 0 Å². The van der Waals surface area contributed by atoms with E-state index in [2.05, 4.69) is 20.6 Å². The van der Waals surface area contributed by atoms with E-state index in [1.807, 2.05) is 13.8 Å². The summed E-state index contributed by atoms with van der Waals surface area (Å²) in [5, 5.41) is 7.29. The molecule has 0 saturated heterocycles. The number of hydrogen-bond acceptors (Lipinski definition) is 4. The molecule has 0 atom stereocenters. The van der Waals surface area contributed by atoms with Crippen LogP contribution in [0.25, 0.3) is 0 Å². The molecule has 0 saturated carbocycles. The fraction of sp³-hybridized carbons (Fsp3) is 0.375. The third-order valence-corrected chi connectivity index (χ3v) is 4.26. The standard InChI is InChI=1S/C16H20F2N4OS/c1-10-15(24-11(2)22-10)9-21-16(19-3)20-6-7-23-14-5-4-12(17)8-13(14)18/h4-5,8H,6-7,9H2,1-3H3,(H2,19,20,21). The van der Waals surface area contributed by atoms with Crippen LogP contribution in [0.1, 0.15) is 15.6 Å². The van der Waals surface area contributed by atoms with Gasteiger partial charge in [-0.3, -0.25) is 4.99 Å². The number of thiazole rings is 1. The molecule has 0 bridgehead atoms. The van der Waals surface area contributed by atoms with Crippen molar-refractivity contribution in [1.29, 1.82) is 0 Å². The van der Waals surface area contributed by atoms with Crippen molar-refractivity contribution in [2.45, 2.75) is 20.4 Å². The van der Waals surface area contributed by atoms with Crippen LogP contribution >= 0.6 is 11.3 Å². The summed E-state index contributed by atoms with van der Waals surface area (Å²) >= 11 is 1.64. The quantitative estimate of drug-likeness (QED) is 0.476. The third kappa shape index (κ3) is 5.16. The Morgan fingerprint density at radius 2 is 2.08 bits per heavy atom. The first-order chi connectivity index (χ1) is 11.5. The molecule has 0 spiro atoms. The lowest BCUT2D eigenvalue weighted by atomic mass is 10.3. The third-order valence-electron chi connectivity index (χ3n) is 3.19. The molecule has 0 fully saturated rings. The molecule has 8 heteroatoms. The predicted molar refractivity (Wildman–Crippen MR) is 91.6 cm³/mol. The Morgan fingerprint density at radius 3 is 2.71 bits per heavy atom.